The lowest BCUT2D eigenvalue weighted by molar-refractivity contribution is 0.111. The summed E-state index contributed by atoms with van der Waals surface area (Å²) in [5.74, 6) is 0. The van der Waals surface area contributed by atoms with E-state index in [1.54, 1.807) is 7.05 Å². The first-order valence-electron chi connectivity index (χ1n) is 4.64. The zero-order valence-electron chi connectivity index (χ0n) is 8.64. The van der Waals surface area contributed by atoms with E-state index in [0.717, 1.165) is 17.4 Å². The number of aromatic nitrogens is 3. The average Bonchev–Trinajstić information content (AvgIpc) is 2.59. The maximum atomic E-state index is 10.9. The van der Waals surface area contributed by atoms with E-state index in [4.69, 9.17) is 0 Å². The average molecular weight is 201 g/mol. The molecule has 2 rings (SSSR count). The van der Waals surface area contributed by atoms with Crippen molar-refractivity contribution in [1.82, 2.24) is 15.0 Å². The number of carbonyl (C=O) groups is 1. The summed E-state index contributed by atoms with van der Waals surface area (Å²) in [6.45, 7) is 2.00. The number of benzene rings is 1. The minimum Gasteiger partial charge on any atom is -0.296 e. The van der Waals surface area contributed by atoms with Crippen LogP contribution < -0.4 is 0 Å². The number of nitrogens with zero attached hydrogens (tertiary/aromatic N) is 3. The smallest absolute Gasteiger partial charge is 0.170 e. The van der Waals surface area contributed by atoms with Crippen molar-refractivity contribution in [2.24, 2.45) is 7.05 Å². The Balaban J connectivity index is 2.58. The SMILES string of the molecule is Cc1cccc(-c2nnn(C)c2C=O)c1. The molecule has 76 valence electrons. The van der Waals surface area contributed by atoms with Gasteiger partial charge in [0, 0.05) is 12.6 Å². The van der Waals surface area contributed by atoms with Gasteiger partial charge in [-0.15, -0.1) is 5.10 Å². The zero-order chi connectivity index (χ0) is 10.8. The highest BCUT2D eigenvalue weighted by molar-refractivity contribution is 5.83. The topological polar surface area (TPSA) is 47.8 Å². The monoisotopic (exact) mass is 201 g/mol. The van der Waals surface area contributed by atoms with Gasteiger partial charge in [0.05, 0.1) is 0 Å². The van der Waals surface area contributed by atoms with Crippen LogP contribution in [0.2, 0.25) is 0 Å². The van der Waals surface area contributed by atoms with Crippen LogP contribution >= 0.6 is 0 Å². The van der Waals surface area contributed by atoms with E-state index in [-0.39, 0.29) is 0 Å². The summed E-state index contributed by atoms with van der Waals surface area (Å²) in [4.78, 5) is 10.9. The minimum atomic E-state index is 0.501. The number of hydrogen-bond acceptors (Lipinski definition) is 3. The van der Waals surface area contributed by atoms with Gasteiger partial charge in [-0.1, -0.05) is 29.0 Å². The lowest BCUT2D eigenvalue weighted by atomic mass is 10.1. The summed E-state index contributed by atoms with van der Waals surface area (Å²) < 4.78 is 1.48. The molecule has 4 nitrogen and oxygen atoms in total. The predicted molar refractivity (Wildman–Crippen MR) is 56.6 cm³/mol. The van der Waals surface area contributed by atoms with E-state index in [0.29, 0.717) is 11.4 Å². The highest BCUT2D eigenvalue weighted by Gasteiger charge is 2.11. The van der Waals surface area contributed by atoms with Crippen LogP contribution in [0.15, 0.2) is 24.3 Å². The standard InChI is InChI=1S/C11H11N3O/c1-8-4-3-5-9(6-8)11-10(7-15)14(2)13-12-11/h3-7H,1-2H3. The molecule has 0 amide bonds. The van der Waals surface area contributed by atoms with Crippen molar-refractivity contribution in [3.8, 4) is 11.3 Å². The molecule has 0 bridgehead atoms. The van der Waals surface area contributed by atoms with Crippen LogP contribution in [0.25, 0.3) is 11.3 Å². The van der Waals surface area contributed by atoms with Gasteiger partial charge in [0.1, 0.15) is 11.4 Å². The van der Waals surface area contributed by atoms with Gasteiger partial charge in [-0.05, 0) is 13.0 Å². The van der Waals surface area contributed by atoms with Crippen molar-refractivity contribution in [3.05, 3.63) is 35.5 Å². The fraction of sp³-hybridized carbons (Fsp3) is 0.182. The van der Waals surface area contributed by atoms with Crippen LogP contribution in [0.3, 0.4) is 0 Å². The Hall–Kier alpha value is -1.97. The minimum absolute atomic E-state index is 0.501. The molecule has 4 heteroatoms. The molecule has 0 saturated carbocycles. The Morgan fingerprint density at radius 2 is 2.20 bits per heavy atom. The summed E-state index contributed by atoms with van der Waals surface area (Å²) in [6, 6.07) is 7.84. The molecule has 0 spiro atoms. The lowest BCUT2D eigenvalue weighted by Gasteiger charge is -1.99. The molecule has 1 heterocycles. The largest absolute Gasteiger partial charge is 0.296 e. The third-order valence-corrected chi connectivity index (χ3v) is 2.27. The molecule has 0 aliphatic carbocycles. The third kappa shape index (κ3) is 1.66. The van der Waals surface area contributed by atoms with Gasteiger partial charge in [0.15, 0.2) is 6.29 Å². The maximum absolute atomic E-state index is 10.9. The fourth-order valence-corrected chi connectivity index (χ4v) is 1.49. The Kier molecular flexibility index (Phi) is 2.33. The number of aldehydes is 1. The van der Waals surface area contributed by atoms with E-state index in [1.165, 1.54) is 4.68 Å². The van der Waals surface area contributed by atoms with Crippen molar-refractivity contribution in [3.63, 3.8) is 0 Å². The number of aryl methyl sites for hydroxylation is 2. The van der Waals surface area contributed by atoms with Gasteiger partial charge in [-0.3, -0.25) is 4.79 Å². The molecule has 0 radical (unpaired) electrons. The first kappa shape index (κ1) is 9.58. The summed E-state index contributed by atoms with van der Waals surface area (Å²) >= 11 is 0. The molecule has 0 unspecified atom stereocenters. The van der Waals surface area contributed by atoms with Crippen molar-refractivity contribution in [2.45, 2.75) is 6.92 Å². The molecule has 0 aliphatic heterocycles. The molecular weight excluding hydrogens is 190 g/mol. The Bertz CT molecular complexity index is 502. The second kappa shape index (κ2) is 3.65. The van der Waals surface area contributed by atoms with Crippen LogP contribution in [-0.2, 0) is 7.05 Å². The summed E-state index contributed by atoms with van der Waals surface area (Å²) in [7, 11) is 1.70. The first-order valence-corrected chi connectivity index (χ1v) is 4.64. The van der Waals surface area contributed by atoms with Crippen LogP contribution in [0.4, 0.5) is 0 Å². The molecule has 0 saturated heterocycles. The van der Waals surface area contributed by atoms with Crippen molar-refractivity contribution >= 4 is 6.29 Å². The van der Waals surface area contributed by atoms with Crippen LogP contribution in [0.1, 0.15) is 16.1 Å². The van der Waals surface area contributed by atoms with Crippen molar-refractivity contribution in [2.75, 3.05) is 0 Å². The lowest BCUT2D eigenvalue weighted by Crippen LogP contribution is -1.97. The number of hydrogen-bond donors (Lipinski definition) is 0. The molecular formula is C11H11N3O. The molecule has 0 fully saturated rings. The highest BCUT2D eigenvalue weighted by Crippen LogP contribution is 2.20. The molecule has 15 heavy (non-hydrogen) atoms. The molecule has 0 atom stereocenters. The highest BCUT2D eigenvalue weighted by atomic mass is 16.1. The third-order valence-electron chi connectivity index (χ3n) is 2.27. The Morgan fingerprint density at radius 1 is 1.40 bits per heavy atom. The van der Waals surface area contributed by atoms with E-state index in [1.807, 2.05) is 31.2 Å². The van der Waals surface area contributed by atoms with Gasteiger partial charge in [0.25, 0.3) is 0 Å². The molecule has 2 aromatic rings. The second-order valence-corrected chi connectivity index (χ2v) is 3.43. The van der Waals surface area contributed by atoms with Crippen LogP contribution in [0.5, 0.6) is 0 Å². The van der Waals surface area contributed by atoms with Crippen molar-refractivity contribution < 1.29 is 4.79 Å². The van der Waals surface area contributed by atoms with Crippen LogP contribution in [0, 0.1) is 6.92 Å². The molecule has 0 aliphatic rings. The van der Waals surface area contributed by atoms with Crippen molar-refractivity contribution in [1.29, 1.82) is 0 Å². The van der Waals surface area contributed by atoms with E-state index >= 15 is 0 Å². The zero-order valence-corrected chi connectivity index (χ0v) is 8.64. The number of rotatable bonds is 2. The second-order valence-electron chi connectivity index (χ2n) is 3.43. The maximum Gasteiger partial charge on any atom is 0.170 e. The Labute approximate surface area is 87.5 Å². The van der Waals surface area contributed by atoms with E-state index < -0.39 is 0 Å². The van der Waals surface area contributed by atoms with Gasteiger partial charge in [-0.25, -0.2) is 4.68 Å². The quantitative estimate of drug-likeness (QED) is 0.693. The number of carbonyl (C=O) groups excluding carboxylic acids is 1. The Morgan fingerprint density at radius 3 is 2.87 bits per heavy atom. The van der Waals surface area contributed by atoms with Gasteiger partial charge in [-0.2, -0.15) is 0 Å². The summed E-state index contributed by atoms with van der Waals surface area (Å²) in [5.41, 5.74) is 3.19. The van der Waals surface area contributed by atoms with Gasteiger partial charge in [0.2, 0.25) is 0 Å². The molecule has 1 aromatic carbocycles. The predicted octanol–water partition coefficient (Wildman–Crippen LogP) is 1.60. The van der Waals surface area contributed by atoms with Gasteiger partial charge >= 0.3 is 0 Å². The van der Waals surface area contributed by atoms with Crippen LogP contribution in [-0.4, -0.2) is 21.3 Å². The summed E-state index contributed by atoms with van der Waals surface area (Å²) in [6.07, 6.45) is 0.775. The molecule has 0 N–H and O–H groups in total. The van der Waals surface area contributed by atoms with Gasteiger partial charge < -0.3 is 0 Å². The summed E-state index contributed by atoms with van der Waals surface area (Å²) in [5, 5.41) is 7.81. The molecule has 1 aromatic heterocycles. The normalized spacial score (nSPS) is 10.3. The van der Waals surface area contributed by atoms with E-state index in [9.17, 15) is 4.79 Å². The fourth-order valence-electron chi connectivity index (χ4n) is 1.49. The first-order chi connectivity index (χ1) is 7.22. The van der Waals surface area contributed by atoms with E-state index in [2.05, 4.69) is 10.3 Å².